The van der Waals surface area contributed by atoms with Crippen molar-refractivity contribution in [3.63, 3.8) is 0 Å². The summed E-state index contributed by atoms with van der Waals surface area (Å²) in [6, 6.07) is 8.76. The molecule has 0 fully saturated rings. The molecule has 0 radical (unpaired) electrons. The van der Waals surface area contributed by atoms with Gasteiger partial charge in [0.1, 0.15) is 11.6 Å². The number of nitrogens with one attached hydrogen (secondary N) is 1. The summed E-state index contributed by atoms with van der Waals surface area (Å²) in [4.78, 5) is 18.5. The molecule has 19 heavy (non-hydrogen) atoms. The van der Waals surface area contributed by atoms with E-state index in [1.807, 2.05) is 32.0 Å². The van der Waals surface area contributed by atoms with Crippen molar-refractivity contribution in [2.75, 3.05) is 0 Å². The molecule has 0 saturated heterocycles. The molecule has 5 heteroatoms. The summed E-state index contributed by atoms with van der Waals surface area (Å²) < 4.78 is 5.66. The highest BCUT2D eigenvalue weighted by molar-refractivity contribution is 5.35. The van der Waals surface area contributed by atoms with Gasteiger partial charge >= 0.3 is 0 Å². The van der Waals surface area contributed by atoms with E-state index >= 15 is 0 Å². The molecular formula is C14H17N3O2. The third-order valence-electron chi connectivity index (χ3n) is 2.69. The van der Waals surface area contributed by atoms with E-state index in [9.17, 15) is 4.79 Å². The number of nitrogens with zero attached hydrogens (tertiary/aromatic N) is 1. The quantitative estimate of drug-likeness (QED) is 0.881. The molecular weight excluding hydrogens is 242 g/mol. The van der Waals surface area contributed by atoms with Crippen LogP contribution in [0.3, 0.4) is 0 Å². The van der Waals surface area contributed by atoms with Crippen molar-refractivity contribution in [2.45, 2.75) is 26.3 Å². The smallest absolute Gasteiger partial charge is 0.254 e. The molecule has 2 rings (SSSR count). The molecule has 0 aliphatic carbocycles. The maximum atomic E-state index is 11.6. The molecule has 3 N–H and O–H groups in total. The standard InChI is InChI=1S/C14H17N3O2/c1-9(2)14-16-12(18)7-13(17-14)19-11-6-4-3-5-10(11)8-15/h3-7,9H,8,15H2,1-2H3,(H,16,17,18). The molecule has 5 nitrogen and oxygen atoms in total. The first-order valence-corrected chi connectivity index (χ1v) is 6.17. The zero-order valence-corrected chi connectivity index (χ0v) is 11.0. The van der Waals surface area contributed by atoms with E-state index in [0.29, 0.717) is 18.1 Å². The molecule has 0 unspecified atom stereocenters. The Morgan fingerprint density at radius 3 is 2.79 bits per heavy atom. The minimum absolute atomic E-state index is 0.126. The lowest BCUT2D eigenvalue weighted by atomic mass is 10.2. The van der Waals surface area contributed by atoms with Crippen molar-refractivity contribution in [1.82, 2.24) is 9.97 Å². The van der Waals surface area contributed by atoms with Crippen molar-refractivity contribution < 1.29 is 4.74 Å². The second kappa shape index (κ2) is 5.67. The summed E-state index contributed by atoms with van der Waals surface area (Å²) in [5, 5.41) is 0. The van der Waals surface area contributed by atoms with Crippen molar-refractivity contribution in [1.29, 1.82) is 0 Å². The average Bonchev–Trinajstić information content (AvgIpc) is 2.38. The minimum Gasteiger partial charge on any atom is -0.438 e. The Morgan fingerprint density at radius 1 is 1.37 bits per heavy atom. The summed E-state index contributed by atoms with van der Waals surface area (Å²) >= 11 is 0. The maximum absolute atomic E-state index is 11.6. The largest absolute Gasteiger partial charge is 0.438 e. The van der Waals surface area contributed by atoms with Crippen LogP contribution >= 0.6 is 0 Å². The van der Waals surface area contributed by atoms with E-state index in [1.165, 1.54) is 6.07 Å². The van der Waals surface area contributed by atoms with Gasteiger partial charge in [-0.25, -0.2) is 0 Å². The first kappa shape index (κ1) is 13.3. The Morgan fingerprint density at radius 2 is 2.11 bits per heavy atom. The van der Waals surface area contributed by atoms with Crippen molar-refractivity contribution in [2.24, 2.45) is 5.73 Å². The molecule has 100 valence electrons. The van der Waals surface area contributed by atoms with Crippen LogP contribution in [0.2, 0.25) is 0 Å². The topological polar surface area (TPSA) is 81.0 Å². The first-order valence-electron chi connectivity index (χ1n) is 6.17. The van der Waals surface area contributed by atoms with Gasteiger partial charge in [0.2, 0.25) is 5.88 Å². The van der Waals surface area contributed by atoms with Crippen LogP contribution in [0.25, 0.3) is 0 Å². The van der Waals surface area contributed by atoms with Gasteiger partial charge in [0.05, 0.1) is 6.07 Å². The van der Waals surface area contributed by atoms with Gasteiger partial charge in [-0.05, 0) is 6.07 Å². The zero-order valence-electron chi connectivity index (χ0n) is 11.0. The highest BCUT2D eigenvalue weighted by atomic mass is 16.5. The van der Waals surface area contributed by atoms with Gasteiger partial charge in [-0.2, -0.15) is 4.98 Å². The minimum atomic E-state index is -0.223. The lowest BCUT2D eigenvalue weighted by Crippen LogP contribution is -2.12. The Balaban J connectivity index is 2.35. The van der Waals surface area contributed by atoms with Crippen LogP contribution in [-0.4, -0.2) is 9.97 Å². The molecule has 0 spiro atoms. The summed E-state index contributed by atoms with van der Waals surface area (Å²) in [6.45, 7) is 4.28. The SMILES string of the molecule is CC(C)c1nc(Oc2ccccc2CN)cc(=O)[nH]1. The van der Waals surface area contributed by atoms with Gasteiger partial charge in [-0.3, -0.25) is 4.79 Å². The third kappa shape index (κ3) is 3.20. The molecule has 0 bridgehead atoms. The molecule has 0 aliphatic heterocycles. The predicted molar refractivity (Wildman–Crippen MR) is 73.4 cm³/mol. The van der Waals surface area contributed by atoms with Crippen LogP contribution in [0.4, 0.5) is 0 Å². The zero-order chi connectivity index (χ0) is 13.8. The van der Waals surface area contributed by atoms with Crippen molar-refractivity contribution in [3.8, 4) is 11.6 Å². The van der Waals surface area contributed by atoms with Crippen molar-refractivity contribution in [3.05, 3.63) is 52.1 Å². The highest BCUT2D eigenvalue weighted by Crippen LogP contribution is 2.23. The molecule has 1 aromatic heterocycles. The van der Waals surface area contributed by atoms with Crippen LogP contribution in [0.5, 0.6) is 11.6 Å². The van der Waals surface area contributed by atoms with Gasteiger partial charge < -0.3 is 15.5 Å². The summed E-state index contributed by atoms with van der Waals surface area (Å²) in [7, 11) is 0. The Labute approximate surface area is 111 Å². The number of aromatic nitrogens is 2. The fraction of sp³-hybridized carbons (Fsp3) is 0.286. The molecule has 1 aromatic carbocycles. The summed E-state index contributed by atoms with van der Waals surface area (Å²) in [5.41, 5.74) is 6.29. The average molecular weight is 259 g/mol. The van der Waals surface area contributed by atoms with Gasteiger partial charge in [0.15, 0.2) is 0 Å². The number of ether oxygens (including phenoxy) is 1. The predicted octanol–water partition coefficient (Wildman–Crippen LogP) is 2.14. The van der Waals surface area contributed by atoms with Gasteiger partial charge in [-0.15, -0.1) is 0 Å². The number of hydrogen-bond acceptors (Lipinski definition) is 4. The Bertz CT molecular complexity index is 620. The van der Waals surface area contributed by atoms with Gasteiger partial charge in [0, 0.05) is 18.0 Å². The first-order chi connectivity index (χ1) is 9.10. The normalized spacial score (nSPS) is 10.7. The second-order valence-corrected chi connectivity index (χ2v) is 4.54. The van der Waals surface area contributed by atoms with Crippen LogP contribution in [0.15, 0.2) is 35.1 Å². The lowest BCUT2D eigenvalue weighted by molar-refractivity contribution is 0.450. The van der Waals surface area contributed by atoms with Gasteiger partial charge in [-0.1, -0.05) is 32.0 Å². The van der Waals surface area contributed by atoms with E-state index < -0.39 is 0 Å². The highest BCUT2D eigenvalue weighted by Gasteiger charge is 2.08. The fourth-order valence-corrected chi connectivity index (χ4v) is 1.66. The number of H-pyrrole nitrogens is 1. The Hall–Kier alpha value is -2.14. The van der Waals surface area contributed by atoms with Crippen LogP contribution < -0.4 is 16.0 Å². The lowest BCUT2D eigenvalue weighted by Gasteiger charge is -2.10. The van der Waals surface area contributed by atoms with E-state index in [-0.39, 0.29) is 17.4 Å². The molecule has 0 amide bonds. The summed E-state index contributed by atoms with van der Waals surface area (Å²) in [5.74, 6) is 1.64. The van der Waals surface area contributed by atoms with Crippen LogP contribution in [-0.2, 0) is 6.54 Å². The monoisotopic (exact) mass is 259 g/mol. The van der Waals surface area contributed by atoms with Crippen LogP contribution in [0, 0.1) is 0 Å². The number of hydrogen-bond donors (Lipinski definition) is 2. The molecule has 1 heterocycles. The van der Waals surface area contributed by atoms with E-state index in [4.69, 9.17) is 10.5 Å². The number of nitrogens with two attached hydrogens (primary N) is 1. The number of rotatable bonds is 4. The third-order valence-corrected chi connectivity index (χ3v) is 2.69. The molecule has 0 saturated carbocycles. The second-order valence-electron chi connectivity index (χ2n) is 4.54. The maximum Gasteiger partial charge on any atom is 0.254 e. The van der Waals surface area contributed by atoms with Crippen LogP contribution in [0.1, 0.15) is 31.2 Å². The van der Waals surface area contributed by atoms with E-state index in [2.05, 4.69) is 9.97 Å². The molecule has 0 atom stereocenters. The van der Waals surface area contributed by atoms with Gasteiger partial charge in [0.25, 0.3) is 5.56 Å². The van der Waals surface area contributed by atoms with Crippen molar-refractivity contribution >= 4 is 0 Å². The fourth-order valence-electron chi connectivity index (χ4n) is 1.66. The Kier molecular flexibility index (Phi) is 3.97. The molecule has 2 aromatic rings. The van der Waals surface area contributed by atoms with E-state index in [1.54, 1.807) is 6.07 Å². The summed E-state index contributed by atoms with van der Waals surface area (Å²) in [6.07, 6.45) is 0. The molecule has 0 aliphatic rings. The number of para-hydroxylation sites is 1. The van der Waals surface area contributed by atoms with E-state index in [0.717, 1.165) is 5.56 Å². The number of aromatic amines is 1. The number of benzene rings is 1.